The summed E-state index contributed by atoms with van der Waals surface area (Å²) in [5.74, 6) is -0.580. The van der Waals surface area contributed by atoms with Crippen LogP contribution in [0.3, 0.4) is 0 Å². The predicted octanol–water partition coefficient (Wildman–Crippen LogP) is 3.28. The number of hydrogen-bond donors (Lipinski definition) is 0. The van der Waals surface area contributed by atoms with Crippen LogP contribution in [0.1, 0.15) is 27.7 Å². The first kappa shape index (κ1) is 18.8. The van der Waals surface area contributed by atoms with Gasteiger partial charge in [-0.2, -0.15) is 0 Å². The summed E-state index contributed by atoms with van der Waals surface area (Å²) in [5, 5.41) is -0.0117. The highest BCUT2D eigenvalue weighted by Gasteiger charge is 2.36. The van der Waals surface area contributed by atoms with Gasteiger partial charge in [0.05, 0.1) is 11.3 Å². The van der Waals surface area contributed by atoms with Crippen LogP contribution in [0.25, 0.3) is 0 Å². The zero-order valence-corrected chi connectivity index (χ0v) is 15.0. The fourth-order valence-corrected chi connectivity index (χ4v) is 2.98. The first-order valence-electron chi connectivity index (χ1n) is 7.48. The van der Waals surface area contributed by atoms with Crippen LogP contribution in [0.2, 0.25) is 0 Å². The van der Waals surface area contributed by atoms with E-state index in [1.807, 2.05) is 32.6 Å². The van der Waals surface area contributed by atoms with E-state index in [1.54, 1.807) is 4.90 Å². The fraction of sp³-hybridized carbons (Fsp3) is 0.500. The molecule has 0 spiro atoms. The molecule has 0 fully saturated rings. The lowest BCUT2D eigenvalue weighted by Gasteiger charge is -2.32. The molecule has 0 amide bonds. The third-order valence-electron chi connectivity index (χ3n) is 3.73. The van der Waals surface area contributed by atoms with E-state index in [0.717, 1.165) is 0 Å². The minimum Gasteiger partial charge on any atom is -0.368 e. The molecular formula is C16H22Cl2N2O2. The number of hydrogen-bond acceptors (Lipinski definition) is 4. The van der Waals surface area contributed by atoms with E-state index in [-0.39, 0.29) is 22.3 Å². The maximum absolute atomic E-state index is 12.8. The summed E-state index contributed by atoms with van der Waals surface area (Å²) in [6.07, 6.45) is 1.47. The van der Waals surface area contributed by atoms with Crippen LogP contribution in [0, 0.1) is 0 Å². The summed E-state index contributed by atoms with van der Waals surface area (Å²) in [6.45, 7) is 10.1. The van der Waals surface area contributed by atoms with Gasteiger partial charge in [-0.3, -0.25) is 9.59 Å². The minimum atomic E-state index is -0.323. The van der Waals surface area contributed by atoms with Gasteiger partial charge in [0, 0.05) is 31.7 Å². The first-order chi connectivity index (χ1) is 10.5. The average molecular weight is 345 g/mol. The molecule has 0 atom stereocenters. The van der Waals surface area contributed by atoms with Crippen LogP contribution < -0.4 is 0 Å². The van der Waals surface area contributed by atoms with Crippen molar-refractivity contribution in [2.24, 2.45) is 0 Å². The Morgan fingerprint density at radius 3 is 1.73 bits per heavy atom. The molecular weight excluding hydrogens is 323 g/mol. The summed E-state index contributed by atoms with van der Waals surface area (Å²) in [5.41, 5.74) is 2.14. The standard InChI is InChI=1S/C16H22Cl2N2O2/c1-5-19(6-2)13-11(9-10-17)15(21)14(12(18)16(13)22)20(7-3)8-4/h9-10H,5-8H2,1-4H3. The monoisotopic (exact) mass is 344 g/mol. The topological polar surface area (TPSA) is 40.6 Å². The highest BCUT2D eigenvalue weighted by molar-refractivity contribution is 6.49. The second kappa shape index (κ2) is 8.39. The molecule has 0 saturated heterocycles. The van der Waals surface area contributed by atoms with Gasteiger partial charge in [0.15, 0.2) is 0 Å². The molecule has 0 N–H and O–H groups in total. The second-order valence-electron chi connectivity index (χ2n) is 4.72. The molecule has 22 heavy (non-hydrogen) atoms. The van der Waals surface area contributed by atoms with E-state index in [2.05, 4.69) is 0 Å². The van der Waals surface area contributed by atoms with Crippen LogP contribution in [-0.2, 0) is 9.59 Å². The van der Waals surface area contributed by atoms with Gasteiger partial charge in [-0.05, 0) is 33.8 Å². The molecule has 0 heterocycles. The van der Waals surface area contributed by atoms with E-state index in [4.69, 9.17) is 23.2 Å². The quantitative estimate of drug-likeness (QED) is 0.664. The van der Waals surface area contributed by atoms with Crippen molar-refractivity contribution in [3.05, 3.63) is 33.6 Å². The van der Waals surface area contributed by atoms with Crippen LogP contribution in [0.5, 0.6) is 0 Å². The third kappa shape index (κ3) is 3.39. The van der Waals surface area contributed by atoms with Gasteiger partial charge >= 0.3 is 0 Å². The van der Waals surface area contributed by atoms with E-state index >= 15 is 0 Å². The van der Waals surface area contributed by atoms with Crippen molar-refractivity contribution in [3.8, 4) is 0 Å². The van der Waals surface area contributed by atoms with Gasteiger partial charge in [-0.1, -0.05) is 23.2 Å². The number of likely N-dealkylation sites (N-methyl/N-ethyl adjacent to an activating group) is 2. The molecule has 0 aromatic heterocycles. The summed E-state index contributed by atoms with van der Waals surface area (Å²) in [6, 6.07) is 0. The number of Topliss-reactive ketones (excluding diaryl/α,β-unsaturated/α-hetero) is 2. The van der Waals surface area contributed by atoms with Gasteiger partial charge in [-0.15, -0.1) is 0 Å². The van der Waals surface area contributed by atoms with Crippen molar-refractivity contribution < 1.29 is 9.59 Å². The molecule has 1 aliphatic rings. The SMILES string of the molecule is CCN(CC)C1=C(Cl)C(=O)C(N(CC)CC)=C(C=CCl)C1=O. The summed E-state index contributed by atoms with van der Waals surface area (Å²) < 4.78 is 0. The molecule has 0 unspecified atom stereocenters. The number of carbonyl (C=O) groups is 2. The van der Waals surface area contributed by atoms with Gasteiger partial charge in [0.2, 0.25) is 11.6 Å². The van der Waals surface area contributed by atoms with Gasteiger partial charge in [0.1, 0.15) is 10.7 Å². The molecule has 0 radical (unpaired) electrons. The lowest BCUT2D eigenvalue weighted by atomic mass is 9.95. The van der Waals surface area contributed by atoms with E-state index in [1.165, 1.54) is 11.6 Å². The van der Waals surface area contributed by atoms with Crippen molar-refractivity contribution in [1.82, 2.24) is 9.80 Å². The molecule has 1 aliphatic carbocycles. The number of halogens is 2. The van der Waals surface area contributed by atoms with Crippen LogP contribution in [0.4, 0.5) is 0 Å². The van der Waals surface area contributed by atoms with Crippen molar-refractivity contribution in [3.63, 3.8) is 0 Å². The Labute approximate surface area is 142 Å². The third-order valence-corrected chi connectivity index (χ3v) is 4.20. The summed E-state index contributed by atoms with van der Waals surface area (Å²) in [7, 11) is 0. The highest BCUT2D eigenvalue weighted by Crippen LogP contribution is 2.31. The van der Waals surface area contributed by atoms with Crippen LogP contribution >= 0.6 is 23.2 Å². The zero-order chi connectivity index (χ0) is 16.9. The first-order valence-corrected chi connectivity index (χ1v) is 8.29. The Balaban J connectivity index is 3.52. The number of carbonyl (C=O) groups excluding carboxylic acids is 2. The van der Waals surface area contributed by atoms with E-state index < -0.39 is 0 Å². The second-order valence-corrected chi connectivity index (χ2v) is 5.35. The highest BCUT2D eigenvalue weighted by atomic mass is 35.5. The Morgan fingerprint density at radius 1 is 0.864 bits per heavy atom. The minimum absolute atomic E-state index is 0.0117. The Hall–Kier alpha value is -1.26. The lowest BCUT2D eigenvalue weighted by molar-refractivity contribution is -0.118. The van der Waals surface area contributed by atoms with Gasteiger partial charge in [-0.25, -0.2) is 0 Å². The molecule has 0 aliphatic heterocycles. The Bertz CT molecular complexity index is 542. The van der Waals surface area contributed by atoms with Gasteiger partial charge in [0.25, 0.3) is 0 Å². The van der Waals surface area contributed by atoms with Crippen molar-refractivity contribution in [2.45, 2.75) is 27.7 Å². The largest absolute Gasteiger partial charge is 0.368 e. The van der Waals surface area contributed by atoms with E-state index in [0.29, 0.717) is 37.4 Å². The molecule has 1 rings (SSSR count). The maximum Gasteiger partial charge on any atom is 0.223 e. The summed E-state index contributed by atoms with van der Waals surface area (Å²) >= 11 is 11.9. The molecule has 0 aromatic rings. The number of allylic oxidation sites excluding steroid dienone is 3. The molecule has 0 bridgehead atoms. The molecule has 122 valence electrons. The van der Waals surface area contributed by atoms with E-state index in [9.17, 15) is 9.59 Å². The molecule has 6 heteroatoms. The zero-order valence-electron chi connectivity index (χ0n) is 13.4. The number of rotatable bonds is 7. The number of ketones is 2. The summed E-state index contributed by atoms with van der Waals surface area (Å²) in [4.78, 5) is 29.2. The van der Waals surface area contributed by atoms with Crippen LogP contribution in [0.15, 0.2) is 33.6 Å². The fourth-order valence-electron chi connectivity index (χ4n) is 2.56. The van der Waals surface area contributed by atoms with Crippen molar-refractivity contribution in [1.29, 1.82) is 0 Å². The van der Waals surface area contributed by atoms with Crippen molar-refractivity contribution in [2.75, 3.05) is 26.2 Å². The maximum atomic E-state index is 12.8. The van der Waals surface area contributed by atoms with Crippen LogP contribution in [-0.4, -0.2) is 47.5 Å². The average Bonchev–Trinajstić information content (AvgIpc) is 2.52. The Morgan fingerprint density at radius 2 is 1.32 bits per heavy atom. The number of nitrogens with zero attached hydrogens (tertiary/aromatic N) is 2. The smallest absolute Gasteiger partial charge is 0.223 e. The van der Waals surface area contributed by atoms with Crippen molar-refractivity contribution >= 4 is 34.8 Å². The predicted molar refractivity (Wildman–Crippen MR) is 90.8 cm³/mol. The normalized spacial score (nSPS) is 16.1. The molecule has 4 nitrogen and oxygen atoms in total. The van der Waals surface area contributed by atoms with Gasteiger partial charge < -0.3 is 9.80 Å². The molecule has 0 saturated carbocycles. The Kier molecular flexibility index (Phi) is 7.17. The molecule has 0 aromatic carbocycles. The lowest BCUT2D eigenvalue weighted by Crippen LogP contribution is -2.38.